The summed E-state index contributed by atoms with van der Waals surface area (Å²) in [7, 11) is 1.58. The molecule has 0 radical (unpaired) electrons. The van der Waals surface area contributed by atoms with Gasteiger partial charge in [-0.15, -0.1) is 0 Å². The van der Waals surface area contributed by atoms with E-state index in [1.54, 1.807) is 31.6 Å². The Balaban J connectivity index is 1.51. The van der Waals surface area contributed by atoms with E-state index in [-0.39, 0.29) is 30.8 Å². The first kappa shape index (κ1) is 17.5. The molecule has 27 heavy (non-hydrogen) atoms. The van der Waals surface area contributed by atoms with E-state index in [0.717, 1.165) is 0 Å². The summed E-state index contributed by atoms with van der Waals surface area (Å²) in [5.41, 5.74) is 1.12. The van der Waals surface area contributed by atoms with Crippen molar-refractivity contribution in [1.82, 2.24) is 25.1 Å². The van der Waals surface area contributed by atoms with Gasteiger partial charge in [-0.3, -0.25) is 14.4 Å². The highest BCUT2D eigenvalue weighted by Crippen LogP contribution is 2.23. The number of amides is 3. The van der Waals surface area contributed by atoms with Crippen molar-refractivity contribution in [2.45, 2.75) is 18.6 Å². The predicted octanol–water partition coefficient (Wildman–Crippen LogP) is -0.657. The van der Waals surface area contributed by atoms with Crippen molar-refractivity contribution in [3.8, 4) is 0 Å². The molecule has 4 heterocycles. The summed E-state index contributed by atoms with van der Waals surface area (Å²) in [6.07, 6.45) is 2.87. The number of likely N-dealkylation sites (N-methyl/N-ethyl adjacent to an activating group) is 1. The molecule has 3 N–H and O–H groups in total. The number of hydrogen-bond donors (Lipinski definition) is 3. The summed E-state index contributed by atoms with van der Waals surface area (Å²) in [6.45, 7) is 0.826. The zero-order valence-corrected chi connectivity index (χ0v) is 14.9. The minimum absolute atomic E-state index is 0.131. The molecule has 9 heteroatoms. The van der Waals surface area contributed by atoms with Gasteiger partial charge in [0, 0.05) is 44.5 Å². The molecule has 0 saturated carbocycles. The fourth-order valence-corrected chi connectivity index (χ4v) is 3.87. The van der Waals surface area contributed by atoms with Crippen LogP contribution in [0.4, 0.5) is 0 Å². The lowest BCUT2D eigenvalue weighted by Gasteiger charge is -2.28. The Labute approximate surface area is 155 Å². The summed E-state index contributed by atoms with van der Waals surface area (Å²) < 4.78 is 0. The van der Waals surface area contributed by atoms with E-state index in [2.05, 4.69) is 15.3 Å². The van der Waals surface area contributed by atoms with Gasteiger partial charge in [0.25, 0.3) is 5.91 Å². The first-order valence-electron chi connectivity index (χ1n) is 8.91. The normalized spacial score (nSPS) is 25.0. The highest BCUT2D eigenvalue weighted by Gasteiger charge is 2.42. The molecule has 0 aromatic carbocycles. The summed E-state index contributed by atoms with van der Waals surface area (Å²) in [4.78, 5) is 47.4. The summed E-state index contributed by atoms with van der Waals surface area (Å²) in [6, 6.07) is 2.89. The number of likely N-dealkylation sites (tertiary alicyclic amines) is 1. The number of fused-ring (bicyclic) bond motifs is 1. The van der Waals surface area contributed by atoms with E-state index in [1.165, 1.54) is 9.80 Å². The van der Waals surface area contributed by atoms with Crippen LogP contribution in [0.1, 0.15) is 16.8 Å². The molecule has 3 amide bonds. The van der Waals surface area contributed by atoms with Crippen LogP contribution in [0.3, 0.4) is 0 Å². The molecule has 2 fully saturated rings. The van der Waals surface area contributed by atoms with E-state index in [0.29, 0.717) is 29.6 Å². The van der Waals surface area contributed by atoms with Gasteiger partial charge in [-0.25, -0.2) is 4.98 Å². The molecule has 3 atom stereocenters. The maximum Gasteiger partial charge on any atom is 0.254 e. The third kappa shape index (κ3) is 2.93. The molecule has 0 spiro atoms. The van der Waals surface area contributed by atoms with E-state index in [4.69, 9.17) is 0 Å². The number of aliphatic hydroxyl groups is 1. The first-order chi connectivity index (χ1) is 13.0. The van der Waals surface area contributed by atoms with Crippen LogP contribution < -0.4 is 5.32 Å². The molecule has 4 rings (SSSR count). The van der Waals surface area contributed by atoms with Gasteiger partial charge in [-0.05, 0) is 18.6 Å². The number of nitrogens with one attached hydrogen (secondary N) is 2. The lowest BCUT2D eigenvalue weighted by Crippen LogP contribution is -2.48. The molecule has 9 nitrogen and oxygen atoms in total. The quantitative estimate of drug-likeness (QED) is 0.619. The third-order valence-corrected chi connectivity index (χ3v) is 5.43. The summed E-state index contributed by atoms with van der Waals surface area (Å²) in [5.74, 6) is -1.53. The van der Waals surface area contributed by atoms with Gasteiger partial charge in [-0.2, -0.15) is 0 Å². The van der Waals surface area contributed by atoms with Gasteiger partial charge in [-0.1, -0.05) is 0 Å². The average molecular weight is 371 g/mol. The minimum atomic E-state index is -0.865. The molecule has 2 aromatic heterocycles. The van der Waals surface area contributed by atoms with Crippen molar-refractivity contribution < 1.29 is 19.5 Å². The molecule has 2 aliphatic heterocycles. The van der Waals surface area contributed by atoms with Crippen LogP contribution in [0.2, 0.25) is 0 Å². The number of carbonyl (C=O) groups excluding carboxylic acids is 3. The largest absolute Gasteiger partial charge is 0.389 e. The van der Waals surface area contributed by atoms with Gasteiger partial charge in [0.05, 0.1) is 17.7 Å². The lowest BCUT2D eigenvalue weighted by molar-refractivity contribution is -0.142. The molecular formula is C18H21N5O4. The van der Waals surface area contributed by atoms with Gasteiger partial charge in [0.2, 0.25) is 11.8 Å². The highest BCUT2D eigenvalue weighted by atomic mass is 16.3. The van der Waals surface area contributed by atoms with E-state index in [9.17, 15) is 19.5 Å². The second-order valence-corrected chi connectivity index (χ2v) is 7.02. The Kier molecular flexibility index (Phi) is 4.31. The molecule has 2 saturated heterocycles. The number of carbonyl (C=O) groups is 3. The fourth-order valence-electron chi connectivity index (χ4n) is 3.87. The van der Waals surface area contributed by atoms with Crippen molar-refractivity contribution in [2.75, 3.05) is 26.7 Å². The maximum atomic E-state index is 13.0. The van der Waals surface area contributed by atoms with E-state index < -0.39 is 18.1 Å². The van der Waals surface area contributed by atoms with Crippen molar-refractivity contribution in [3.63, 3.8) is 0 Å². The second kappa shape index (κ2) is 6.66. The van der Waals surface area contributed by atoms with Gasteiger partial charge in [0.15, 0.2) is 0 Å². The Morgan fingerprint density at radius 2 is 2.15 bits per heavy atom. The van der Waals surface area contributed by atoms with Crippen molar-refractivity contribution in [3.05, 3.63) is 30.1 Å². The smallest absolute Gasteiger partial charge is 0.254 e. The topological polar surface area (TPSA) is 119 Å². The zero-order chi connectivity index (χ0) is 19.1. The van der Waals surface area contributed by atoms with Crippen LogP contribution in [-0.2, 0) is 9.59 Å². The number of aromatic amines is 1. The van der Waals surface area contributed by atoms with E-state index >= 15 is 0 Å². The van der Waals surface area contributed by atoms with Crippen LogP contribution in [0, 0.1) is 5.92 Å². The third-order valence-electron chi connectivity index (χ3n) is 5.43. The monoisotopic (exact) mass is 371 g/mol. The Morgan fingerprint density at radius 3 is 2.89 bits per heavy atom. The van der Waals surface area contributed by atoms with Crippen molar-refractivity contribution >= 4 is 28.8 Å². The number of hydrogen-bond acceptors (Lipinski definition) is 5. The first-order valence-corrected chi connectivity index (χ1v) is 8.91. The predicted molar refractivity (Wildman–Crippen MR) is 95.7 cm³/mol. The van der Waals surface area contributed by atoms with Crippen LogP contribution in [0.25, 0.3) is 11.0 Å². The van der Waals surface area contributed by atoms with Crippen LogP contribution in [-0.4, -0.2) is 81.4 Å². The number of pyridine rings is 1. The van der Waals surface area contributed by atoms with Gasteiger partial charge >= 0.3 is 0 Å². The van der Waals surface area contributed by atoms with Crippen LogP contribution in [0.5, 0.6) is 0 Å². The number of H-pyrrole nitrogens is 1. The summed E-state index contributed by atoms with van der Waals surface area (Å²) in [5, 5.41) is 13.8. The summed E-state index contributed by atoms with van der Waals surface area (Å²) >= 11 is 0. The Hall–Kier alpha value is -2.94. The minimum Gasteiger partial charge on any atom is -0.389 e. The molecule has 2 aliphatic rings. The Morgan fingerprint density at radius 1 is 1.33 bits per heavy atom. The Bertz CT molecular complexity index is 910. The average Bonchev–Trinajstić information content (AvgIpc) is 3.38. The molecule has 2 aromatic rings. The second-order valence-electron chi connectivity index (χ2n) is 7.02. The SMILES string of the molecule is CN(C(=O)C1CCNC1=O)[C@@H]1CN(C(=O)c2ccnc3[nH]ccc23)C[C@H]1O. The van der Waals surface area contributed by atoms with Crippen LogP contribution in [0.15, 0.2) is 24.5 Å². The number of nitrogens with zero attached hydrogens (tertiary/aromatic N) is 3. The van der Waals surface area contributed by atoms with Crippen molar-refractivity contribution in [2.24, 2.45) is 5.92 Å². The maximum absolute atomic E-state index is 13.0. The lowest BCUT2D eigenvalue weighted by atomic mass is 10.0. The van der Waals surface area contributed by atoms with Gasteiger partial charge < -0.3 is 25.2 Å². The fraction of sp³-hybridized carbons (Fsp3) is 0.444. The molecule has 0 bridgehead atoms. The number of aromatic nitrogens is 2. The standard InChI is InChI=1S/C18H21N5O4/c1-22(17(26)12-4-7-21-16(12)25)13-8-23(9-14(13)24)18(27)11-3-6-20-15-10(11)2-5-19-15/h2-3,5-6,12-14,24H,4,7-9H2,1H3,(H,19,20)(H,21,25)/t12?,13-,14-/m1/s1. The zero-order valence-electron chi connectivity index (χ0n) is 14.9. The molecule has 142 valence electrons. The molecule has 0 aliphatic carbocycles. The molecular weight excluding hydrogens is 350 g/mol. The van der Waals surface area contributed by atoms with E-state index in [1.807, 2.05) is 0 Å². The number of aliphatic hydroxyl groups excluding tert-OH is 1. The van der Waals surface area contributed by atoms with Gasteiger partial charge in [0.1, 0.15) is 11.6 Å². The number of β-amino-alcohol motifs (C(OH)–C–C–N with tert-alkyl or cyclic N) is 1. The van der Waals surface area contributed by atoms with Crippen molar-refractivity contribution in [1.29, 1.82) is 0 Å². The van der Waals surface area contributed by atoms with Crippen LogP contribution >= 0.6 is 0 Å². The number of rotatable bonds is 3. The molecule has 1 unspecified atom stereocenters. The highest BCUT2D eigenvalue weighted by molar-refractivity contribution is 6.05.